The molecule has 0 radical (unpaired) electrons. The van der Waals surface area contributed by atoms with Gasteiger partial charge in [0, 0.05) is 12.1 Å². The van der Waals surface area contributed by atoms with Crippen molar-refractivity contribution in [2.24, 2.45) is 5.73 Å². The summed E-state index contributed by atoms with van der Waals surface area (Å²) in [5.41, 5.74) is 7.72. The number of aromatic nitrogens is 1. The van der Waals surface area contributed by atoms with Crippen LogP contribution < -0.4 is 10.5 Å². The largest absolute Gasteiger partial charge is 0.497 e. The molecule has 1 saturated carbocycles. The molecule has 4 heteroatoms. The Kier molecular flexibility index (Phi) is 2.52. The van der Waals surface area contributed by atoms with E-state index < -0.39 is 0 Å². The first kappa shape index (κ1) is 10.6. The number of oxazole rings is 1. The van der Waals surface area contributed by atoms with Crippen molar-refractivity contribution in [3.8, 4) is 5.75 Å². The molecule has 2 aromatic rings. The van der Waals surface area contributed by atoms with Gasteiger partial charge in [0.15, 0.2) is 11.5 Å². The third kappa shape index (κ3) is 1.78. The van der Waals surface area contributed by atoms with E-state index in [2.05, 4.69) is 4.98 Å². The van der Waals surface area contributed by atoms with E-state index in [0.717, 1.165) is 42.0 Å². The van der Waals surface area contributed by atoms with Gasteiger partial charge in [0.1, 0.15) is 11.3 Å². The normalized spacial score (nSPS) is 24.4. The molecule has 4 nitrogen and oxygen atoms in total. The average Bonchev–Trinajstić information content (AvgIpc) is 2.93. The summed E-state index contributed by atoms with van der Waals surface area (Å²) >= 11 is 0. The molecule has 2 unspecified atom stereocenters. The fraction of sp³-hybridized carbons (Fsp3) is 0.462. The molecule has 1 aromatic carbocycles. The predicted octanol–water partition coefficient (Wildman–Crippen LogP) is 2.43. The fourth-order valence-electron chi connectivity index (χ4n) is 2.51. The van der Waals surface area contributed by atoms with Crippen LogP contribution in [-0.4, -0.2) is 18.1 Å². The van der Waals surface area contributed by atoms with Crippen LogP contribution in [0.3, 0.4) is 0 Å². The number of nitrogens with two attached hydrogens (primary N) is 1. The van der Waals surface area contributed by atoms with Gasteiger partial charge in [-0.2, -0.15) is 0 Å². The summed E-state index contributed by atoms with van der Waals surface area (Å²) in [6.45, 7) is 0. The van der Waals surface area contributed by atoms with E-state index in [1.807, 2.05) is 18.2 Å². The van der Waals surface area contributed by atoms with Crippen molar-refractivity contribution < 1.29 is 9.15 Å². The Morgan fingerprint density at radius 3 is 3.00 bits per heavy atom. The van der Waals surface area contributed by atoms with Crippen LogP contribution >= 0.6 is 0 Å². The van der Waals surface area contributed by atoms with Crippen LogP contribution in [0.25, 0.3) is 11.1 Å². The van der Waals surface area contributed by atoms with Gasteiger partial charge in [-0.15, -0.1) is 0 Å². The van der Waals surface area contributed by atoms with Crippen molar-refractivity contribution in [2.45, 2.75) is 31.2 Å². The molecule has 1 aromatic heterocycles. The van der Waals surface area contributed by atoms with E-state index in [1.54, 1.807) is 7.11 Å². The molecular weight excluding hydrogens is 216 g/mol. The van der Waals surface area contributed by atoms with Gasteiger partial charge in [0.2, 0.25) is 0 Å². The molecule has 2 atom stereocenters. The molecule has 0 aliphatic heterocycles. The van der Waals surface area contributed by atoms with Crippen molar-refractivity contribution in [3.63, 3.8) is 0 Å². The summed E-state index contributed by atoms with van der Waals surface area (Å²) in [5, 5.41) is 0. The van der Waals surface area contributed by atoms with Gasteiger partial charge in [0.05, 0.1) is 13.0 Å². The number of rotatable bonds is 2. The number of benzene rings is 1. The highest BCUT2D eigenvalue weighted by Crippen LogP contribution is 2.34. The predicted molar refractivity (Wildman–Crippen MR) is 65.1 cm³/mol. The molecule has 17 heavy (non-hydrogen) atoms. The zero-order valence-electron chi connectivity index (χ0n) is 9.85. The maximum Gasteiger partial charge on any atom is 0.200 e. The van der Waals surface area contributed by atoms with Crippen LogP contribution in [0.4, 0.5) is 0 Å². The topological polar surface area (TPSA) is 61.3 Å². The monoisotopic (exact) mass is 232 g/mol. The SMILES string of the molecule is COc1ccc2oc(C3CCCC3N)nc2c1. The number of fused-ring (bicyclic) bond motifs is 1. The van der Waals surface area contributed by atoms with Gasteiger partial charge in [-0.25, -0.2) is 4.98 Å². The lowest BCUT2D eigenvalue weighted by Crippen LogP contribution is -2.22. The van der Waals surface area contributed by atoms with Gasteiger partial charge in [0.25, 0.3) is 0 Å². The summed E-state index contributed by atoms with van der Waals surface area (Å²) in [4.78, 5) is 4.53. The molecule has 0 bridgehead atoms. The van der Waals surface area contributed by atoms with E-state index in [-0.39, 0.29) is 12.0 Å². The van der Waals surface area contributed by atoms with Crippen LogP contribution in [0.2, 0.25) is 0 Å². The first-order valence-corrected chi connectivity index (χ1v) is 5.98. The molecule has 1 aliphatic carbocycles. The Hall–Kier alpha value is -1.55. The highest BCUT2D eigenvalue weighted by atomic mass is 16.5. The van der Waals surface area contributed by atoms with Crippen molar-refractivity contribution in [1.29, 1.82) is 0 Å². The quantitative estimate of drug-likeness (QED) is 0.863. The van der Waals surface area contributed by atoms with Gasteiger partial charge in [-0.3, -0.25) is 0 Å². The number of nitrogens with zero attached hydrogens (tertiary/aromatic N) is 1. The minimum Gasteiger partial charge on any atom is -0.497 e. The highest BCUT2D eigenvalue weighted by molar-refractivity contribution is 5.74. The van der Waals surface area contributed by atoms with E-state index in [1.165, 1.54) is 0 Å². The Morgan fingerprint density at radius 1 is 1.41 bits per heavy atom. The first-order valence-electron chi connectivity index (χ1n) is 5.98. The number of ether oxygens (including phenoxy) is 1. The van der Waals surface area contributed by atoms with Crippen LogP contribution in [-0.2, 0) is 0 Å². The zero-order chi connectivity index (χ0) is 11.8. The van der Waals surface area contributed by atoms with Crippen LogP contribution in [0.5, 0.6) is 5.75 Å². The first-order chi connectivity index (χ1) is 8.28. The standard InChI is InChI=1S/C13H16N2O2/c1-16-8-5-6-12-11(7-8)15-13(17-12)9-3-2-4-10(9)14/h5-7,9-10H,2-4,14H2,1H3. The molecule has 0 saturated heterocycles. The fourth-order valence-corrected chi connectivity index (χ4v) is 2.51. The summed E-state index contributed by atoms with van der Waals surface area (Å²) in [5.74, 6) is 1.85. The van der Waals surface area contributed by atoms with E-state index in [4.69, 9.17) is 14.9 Å². The highest BCUT2D eigenvalue weighted by Gasteiger charge is 2.29. The maximum absolute atomic E-state index is 6.06. The van der Waals surface area contributed by atoms with Crippen LogP contribution in [0, 0.1) is 0 Å². The summed E-state index contributed by atoms with van der Waals surface area (Å²) in [6, 6.07) is 5.85. The average molecular weight is 232 g/mol. The molecule has 0 amide bonds. The zero-order valence-corrected chi connectivity index (χ0v) is 9.85. The molecular formula is C13H16N2O2. The summed E-state index contributed by atoms with van der Waals surface area (Å²) in [6.07, 6.45) is 3.30. The van der Waals surface area contributed by atoms with Crippen molar-refractivity contribution >= 4 is 11.1 Å². The summed E-state index contributed by atoms with van der Waals surface area (Å²) in [7, 11) is 1.65. The van der Waals surface area contributed by atoms with Gasteiger partial charge >= 0.3 is 0 Å². The van der Waals surface area contributed by atoms with E-state index in [0.29, 0.717) is 0 Å². The van der Waals surface area contributed by atoms with E-state index >= 15 is 0 Å². The third-order valence-electron chi connectivity index (χ3n) is 3.50. The lowest BCUT2D eigenvalue weighted by atomic mass is 10.1. The second kappa shape index (κ2) is 4.04. The minimum absolute atomic E-state index is 0.185. The number of methoxy groups -OCH3 is 1. The van der Waals surface area contributed by atoms with Gasteiger partial charge in [-0.05, 0) is 25.0 Å². The van der Waals surface area contributed by atoms with Crippen molar-refractivity contribution in [3.05, 3.63) is 24.1 Å². The Labute approximate surface area is 99.8 Å². The van der Waals surface area contributed by atoms with E-state index in [9.17, 15) is 0 Å². The molecule has 1 heterocycles. The second-order valence-corrected chi connectivity index (χ2v) is 4.59. The molecule has 2 N–H and O–H groups in total. The Balaban J connectivity index is 2.01. The van der Waals surface area contributed by atoms with Crippen LogP contribution in [0.15, 0.2) is 22.6 Å². The lowest BCUT2D eigenvalue weighted by Gasteiger charge is -2.09. The second-order valence-electron chi connectivity index (χ2n) is 4.59. The lowest BCUT2D eigenvalue weighted by molar-refractivity contribution is 0.415. The van der Waals surface area contributed by atoms with Gasteiger partial charge in [-0.1, -0.05) is 6.42 Å². The molecule has 1 fully saturated rings. The molecule has 90 valence electrons. The minimum atomic E-state index is 0.185. The molecule has 3 rings (SSSR count). The Morgan fingerprint density at radius 2 is 2.29 bits per heavy atom. The molecule has 1 aliphatic rings. The molecule has 0 spiro atoms. The van der Waals surface area contributed by atoms with Gasteiger partial charge < -0.3 is 14.9 Å². The number of hydrogen-bond acceptors (Lipinski definition) is 4. The van der Waals surface area contributed by atoms with Crippen molar-refractivity contribution in [1.82, 2.24) is 4.98 Å². The number of hydrogen-bond donors (Lipinski definition) is 1. The maximum atomic E-state index is 6.06. The van der Waals surface area contributed by atoms with Crippen LogP contribution in [0.1, 0.15) is 31.1 Å². The Bertz CT molecular complexity index is 535. The summed E-state index contributed by atoms with van der Waals surface area (Å²) < 4.78 is 10.9. The third-order valence-corrected chi connectivity index (χ3v) is 3.50. The van der Waals surface area contributed by atoms with Crippen molar-refractivity contribution in [2.75, 3.05) is 7.11 Å². The smallest absolute Gasteiger partial charge is 0.200 e.